The Bertz CT molecular complexity index is 1090. The van der Waals surface area contributed by atoms with Crippen molar-refractivity contribution in [2.75, 3.05) is 21.1 Å². The van der Waals surface area contributed by atoms with Gasteiger partial charge < -0.3 is 10.0 Å². The molecule has 1 aliphatic heterocycles. The molecule has 8 heteroatoms. The Labute approximate surface area is 157 Å². The third-order valence-corrected chi connectivity index (χ3v) is 6.13. The minimum absolute atomic E-state index is 0.00216. The number of fused-ring (bicyclic) bond motifs is 1. The van der Waals surface area contributed by atoms with Crippen LogP contribution in [0.1, 0.15) is 26.3 Å². The number of ketones is 1. The van der Waals surface area contributed by atoms with Crippen molar-refractivity contribution in [2.24, 2.45) is 0 Å². The molecule has 2 aromatic rings. The number of benzene rings is 2. The van der Waals surface area contributed by atoms with E-state index in [1.807, 2.05) is 0 Å². The lowest BCUT2D eigenvalue weighted by Gasteiger charge is -2.28. The molecule has 1 heterocycles. The molecular formula is C19H18N2O5S. The van der Waals surface area contributed by atoms with E-state index in [1.165, 1.54) is 42.3 Å². The van der Waals surface area contributed by atoms with Crippen LogP contribution < -0.4 is 0 Å². The lowest BCUT2D eigenvalue weighted by molar-refractivity contribution is 0.0827. The number of carbonyl (C=O) groups excluding carboxylic acids is 2. The van der Waals surface area contributed by atoms with Gasteiger partial charge in [0.05, 0.1) is 4.90 Å². The first-order valence-corrected chi connectivity index (χ1v) is 9.48. The second kappa shape index (κ2) is 6.55. The van der Waals surface area contributed by atoms with Crippen LogP contribution in [0.15, 0.2) is 59.1 Å². The molecule has 0 bridgehead atoms. The van der Waals surface area contributed by atoms with E-state index in [0.29, 0.717) is 5.56 Å². The number of sulfonamides is 1. The first-order chi connectivity index (χ1) is 12.7. The molecule has 0 spiro atoms. The maximum atomic E-state index is 12.9. The molecule has 0 radical (unpaired) electrons. The molecule has 0 fully saturated rings. The van der Waals surface area contributed by atoms with Crippen molar-refractivity contribution in [2.45, 2.75) is 4.90 Å². The number of aliphatic hydroxyl groups is 1. The van der Waals surface area contributed by atoms with Crippen LogP contribution >= 0.6 is 0 Å². The van der Waals surface area contributed by atoms with Gasteiger partial charge in [0.15, 0.2) is 5.76 Å². The highest BCUT2D eigenvalue weighted by Crippen LogP contribution is 2.34. The van der Waals surface area contributed by atoms with E-state index in [1.54, 1.807) is 32.3 Å². The van der Waals surface area contributed by atoms with Crippen molar-refractivity contribution in [1.82, 2.24) is 9.21 Å². The van der Waals surface area contributed by atoms with E-state index in [9.17, 15) is 23.1 Å². The molecule has 0 aliphatic carbocycles. The molecule has 1 aliphatic rings. The predicted molar refractivity (Wildman–Crippen MR) is 99.7 cm³/mol. The summed E-state index contributed by atoms with van der Waals surface area (Å²) in [7, 11) is 0.421. The number of hydrogen-bond acceptors (Lipinski definition) is 5. The van der Waals surface area contributed by atoms with Gasteiger partial charge in [0.25, 0.3) is 15.9 Å². The van der Waals surface area contributed by atoms with Crippen LogP contribution in [0.2, 0.25) is 0 Å². The fourth-order valence-corrected chi connectivity index (χ4v) is 4.26. The van der Waals surface area contributed by atoms with Crippen molar-refractivity contribution in [3.63, 3.8) is 0 Å². The SMILES string of the molecule is CN(C)C(=O)c1cccc(C(O)=C2C(=O)c3ccccc3S(=O)(=O)N2C)c1. The molecule has 0 unspecified atom stereocenters. The lowest BCUT2D eigenvalue weighted by Crippen LogP contribution is -2.37. The number of Topliss-reactive ketones (excluding diaryl/α,β-unsaturated/α-hetero) is 1. The van der Waals surface area contributed by atoms with E-state index >= 15 is 0 Å². The Morgan fingerprint density at radius 3 is 2.33 bits per heavy atom. The fourth-order valence-electron chi connectivity index (χ4n) is 2.87. The maximum Gasteiger partial charge on any atom is 0.265 e. The summed E-state index contributed by atoms with van der Waals surface area (Å²) in [6, 6.07) is 11.9. The topological polar surface area (TPSA) is 95.0 Å². The van der Waals surface area contributed by atoms with Crippen molar-refractivity contribution in [3.8, 4) is 0 Å². The minimum Gasteiger partial charge on any atom is -0.505 e. The fraction of sp³-hybridized carbons (Fsp3) is 0.158. The number of allylic oxidation sites excluding steroid dienone is 1. The number of hydrogen-bond donors (Lipinski definition) is 1. The van der Waals surface area contributed by atoms with Crippen LogP contribution in [0.3, 0.4) is 0 Å². The Morgan fingerprint density at radius 2 is 1.67 bits per heavy atom. The number of carbonyl (C=O) groups is 2. The Kier molecular flexibility index (Phi) is 4.52. The van der Waals surface area contributed by atoms with Gasteiger partial charge in [0, 0.05) is 37.8 Å². The van der Waals surface area contributed by atoms with Crippen LogP contribution in [0.4, 0.5) is 0 Å². The van der Waals surface area contributed by atoms with Crippen molar-refractivity contribution < 1.29 is 23.1 Å². The summed E-state index contributed by atoms with van der Waals surface area (Å²) in [5.74, 6) is -1.39. The quantitative estimate of drug-likeness (QED) is 0.630. The molecule has 1 N–H and O–H groups in total. The van der Waals surface area contributed by atoms with Crippen LogP contribution in [-0.2, 0) is 10.0 Å². The zero-order valence-corrected chi connectivity index (χ0v) is 15.8. The van der Waals surface area contributed by atoms with E-state index in [4.69, 9.17) is 0 Å². The number of rotatable bonds is 2. The van der Waals surface area contributed by atoms with E-state index < -0.39 is 21.6 Å². The highest BCUT2D eigenvalue weighted by atomic mass is 32.2. The largest absolute Gasteiger partial charge is 0.505 e. The summed E-state index contributed by atoms with van der Waals surface area (Å²) in [5, 5.41) is 10.7. The van der Waals surface area contributed by atoms with Crippen LogP contribution in [0.25, 0.3) is 5.76 Å². The molecular weight excluding hydrogens is 368 g/mol. The van der Waals surface area contributed by atoms with Crippen molar-refractivity contribution >= 4 is 27.5 Å². The first kappa shape index (κ1) is 18.7. The number of aliphatic hydroxyl groups excluding tert-OH is 1. The summed E-state index contributed by atoms with van der Waals surface area (Å²) in [6.07, 6.45) is 0. The average molecular weight is 386 g/mol. The molecule has 140 valence electrons. The van der Waals surface area contributed by atoms with Crippen molar-refractivity contribution in [1.29, 1.82) is 0 Å². The molecule has 0 aromatic heterocycles. The maximum absolute atomic E-state index is 12.9. The molecule has 3 rings (SSSR count). The summed E-state index contributed by atoms with van der Waals surface area (Å²) in [6.45, 7) is 0. The second-order valence-electron chi connectivity index (χ2n) is 6.28. The average Bonchev–Trinajstić information content (AvgIpc) is 2.66. The monoisotopic (exact) mass is 386 g/mol. The van der Waals surface area contributed by atoms with Gasteiger partial charge in [0.2, 0.25) is 5.78 Å². The highest BCUT2D eigenvalue weighted by molar-refractivity contribution is 7.89. The van der Waals surface area contributed by atoms with Gasteiger partial charge in [-0.2, -0.15) is 0 Å². The molecule has 1 amide bonds. The number of amides is 1. The molecule has 0 saturated carbocycles. The van der Waals surface area contributed by atoms with E-state index in [-0.39, 0.29) is 27.6 Å². The Balaban J connectivity index is 2.20. The molecule has 0 saturated heterocycles. The van der Waals surface area contributed by atoms with Crippen molar-refractivity contribution in [3.05, 3.63) is 70.9 Å². The zero-order valence-electron chi connectivity index (χ0n) is 15.0. The zero-order chi connectivity index (χ0) is 19.9. The Morgan fingerprint density at radius 1 is 1.04 bits per heavy atom. The number of nitrogens with zero attached hydrogens (tertiary/aromatic N) is 2. The lowest BCUT2D eigenvalue weighted by atomic mass is 10.0. The Hall–Kier alpha value is -3.13. The van der Waals surface area contributed by atoms with Crippen LogP contribution in [-0.4, -0.2) is 55.6 Å². The van der Waals surface area contributed by atoms with Gasteiger partial charge in [-0.3, -0.25) is 13.9 Å². The van der Waals surface area contributed by atoms with Gasteiger partial charge in [-0.1, -0.05) is 24.3 Å². The third kappa shape index (κ3) is 2.97. The van der Waals surface area contributed by atoms with Crippen LogP contribution in [0, 0.1) is 0 Å². The molecule has 2 aromatic carbocycles. The van der Waals surface area contributed by atoms with Crippen LogP contribution in [0.5, 0.6) is 0 Å². The highest BCUT2D eigenvalue weighted by Gasteiger charge is 2.39. The smallest absolute Gasteiger partial charge is 0.265 e. The minimum atomic E-state index is -3.98. The standard InChI is InChI=1S/C19H18N2O5S/c1-20(2)19(24)13-8-6-7-12(11-13)17(22)16-18(23)14-9-4-5-10-15(14)27(25,26)21(16)3/h4-11,22H,1-3H3. The van der Waals surface area contributed by atoms with Gasteiger partial charge in [0.1, 0.15) is 5.70 Å². The first-order valence-electron chi connectivity index (χ1n) is 8.04. The predicted octanol–water partition coefficient (Wildman–Crippen LogP) is 2.13. The van der Waals surface area contributed by atoms with Gasteiger partial charge in [-0.05, 0) is 24.3 Å². The summed E-state index contributed by atoms with van der Waals surface area (Å²) >= 11 is 0. The van der Waals surface area contributed by atoms with E-state index in [2.05, 4.69) is 0 Å². The van der Waals surface area contributed by atoms with Gasteiger partial charge >= 0.3 is 0 Å². The summed E-state index contributed by atoms with van der Waals surface area (Å²) in [4.78, 5) is 26.3. The summed E-state index contributed by atoms with van der Waals surface area (Å²) in [5.41, 5.74) is 0.118. The van der Waals surface area contributed by atoms with Gasteiger partial charge in [-0.15, -0.1) is 0 Å². The molecule has 0 atom stereocenters. The molecule has 7 nitrogen and oxygen atoms in total. The second-order valence-corrected chi connectivity index (χ2v) is 8.21. The summed E-state index contributed by atoms with van der Waals surface area (Å²) < 4.78 is 26.2. The third-order valence-electron chi connectivity index (χ3n) is 4.31. The van der Waals surface area contributed by atoms with E-state index in [0.717, 1.165) is 4.31 Å². The normalized spacial score (nSPS) is 17.3. The van der Waals surface area contributed by atoms with Gasteiger partial charge in [-0.25, -0.2) is 8.42 Å². The molecule has 27 heavy (non-hydrogen) atoms. The number of likely N-dealkylation sites (N-methyl/N-ethyl adjacent to an activating group) is 1.